The first kappa shape index (κ1) is 50.8. The Hall–Kier alpha value is -8.08. The first-order chi connectivity index (χ1) is 35.8. The first-order valence-corrected chi connectivity index (χ1v) is 26.0. The smallest absolute Gasteiger partial charge is 0.0737 e. The van der Waals surface area contributed by atoms with E-state index in [9.17, 15) is 0 Å². The van der Waals surface area contributed by atoms with Gasteiger partial charge < -0.3 is 9.97 Å². The summed E-state index contributed by atoms with van der Waals surface area (Å²) < 4.78 is 0. The van der Waals surface area contributed by atoms with Crippen molar-refractivity contribution in [3.05, 3.63) is 240 Å². The lowest BCUT2D eigenvalue weighted by Crippen LogP contribution is -2.24. The number of nitrogens with one attached hydrogen (secondary N) is 2. The summed E-state index contributed by atoms with van der Waals surface area (Å²) in [5, 5.41) is 0. The van der Waals surface area contributed by atoms with Gasteiger partial charge in [-0.2, -0.15) is 0 Å². The minimum Gasteiger partial charge on any atom is -0.354 e. The molecule has 5 heterocycles. The van der Waals surface area contributed by atoms with Gasteiger partial charge in [0.05, 0.1) is 22.8 Å². The number of aromatic nitrogens is 4. The fourth-order valence-corrected chi connectivity index (χ4v) is 12.3. The molecule has 0 spiro atoms. The summed E-state index contributed by atoms with van der Waals surface area (Å²) in [7, 11) is 0. The van der Waals surface area contributed by atoms with Gasteiger partial charge in [-0.25, -0.2) is 9.97 Å². The van der Waals surface area contributed by atoms with Crippen molar-refractivity contribution in [3.8, 4) is 44.5 Å². The molecule has 3 aromatic heterocycles. The van der Waals surface area contributed by atoms with Gasteiger partial charge in [-0.15, -0.1) is 39.5 Å². The number of H-pyrrole nitrogens is 2. The van der Waals surface area contributed by atoms with Gasteiger partial charge in [-0.1, -0.05) is 120 Å². The van der Waals surface area contributed by atoms with Crippen LogP contribution in [-0.2, 0) is 10.8 Å². The third kappa shape index (κ3) is 9.42. The van der Waals surface area contributed by atoms with E-state index in [0.717, 1.165) is 128 Å². The van der Waals surface area contributed by atoms with E-state index >= 15 is 0 Å². The number of allylic oxidation sites excluding steroid dienone is 6. The second-order valence-corrected chi connectivity index (χ2v) is 20.7. The number of aromatic amines is 2. The van der Waals surface area contributed by atoms with E-state index in [0.29, 0.717) is 0 Å². The minimum atomic E-state index is -0.184. The molecule has 2 aliphatic heterocycles. The van der Waals surface area contributed by atoms with Crippen LogP contribution in [0.15, 0.2) is 173 Å². The highest BCUT2D eigenvalue weighted by Gasteiger charge is 2.30. The quantitative estimate of drug-likeness (QED) is 0.0842. The fraction of sp³-hybridized carbons (Fsp3) is 0.200. The van der Waals surface area contributed by atoms with Crippen molar-refractivity contribution in [2.24, 2.45) is 0 Å². The maximum absolute atomic E-state index is 5.67. The number of hydrogen-bond donors (Lipinski definition) is 2. The summed E-state index contributed by atoms with van der Waals surface area (Å²) >= 11 is 0. The maximum Gasteiger partial charge on any atom is 0.0737 e. The second-order valence-electron chi connectivity index (χ2n) is 20.7. The molecular formula is C70H70N4. The highest BCUT2D eigenvalue weighted by Crippen LogP contribution is 2.44. The van der Waals surface area contributed by atoms with Crippen molar-refractivity contribution in [3.63, 3.8) is 0 Å². The van der Waals surface area contributed by atoms with Crippen LogP contribution in [0.5, 0.6) is 0 Å². The molecule has 74 heavy (non-hydrogen) atoms. The van der Waals surface area contributed by atoms with Crippen LogP contribution < -0.4 is 0 Å². The van der Waals surface area contributed by atoms with Crippen molar-refractivity contribution in [1.29, 1.82) is 0 Å². The van der Waals surface area contributed by atoms with Crippen molar-refractivity contribution in [1.82, 2.24) is 19.9 Å². The number of aryl methyl sites for hydroxylation is 6. The predicted molar refractivity (Wildman–Crippen MR) is 321 cm³/mol. The van der Waals surface area contributed by atoms with Crippen LogP contribution >= 0.6 is 0 Å². The van der Waals surface area contributed by atoms with E-state index in [1.165, 1.54) is 44.5 Å². The van der Waals surface area contributed by atoms with E-state index in [4.69, 9.17) is 9.97 Å². The molecule has 0 amide bonds. The molecule has 4 nitrogen and oxygen atoms in total. The van der Waals surface area contributed by atoms with E-state index in [-0.39, 0.29) is 10.8 Å². The van der Waals surface area contributed by atoms with Crippen molar-refractivity contribution in [2.75, 3.05) is 0 Å². The summed E-state index contributed by atoms with van der Waals surface area (Å²) in [4.78, 5) is 19.3. The van der Waals surface area contributed by atoms with E-state index < -0.39 is 0 Å². The number of hydrogen-bond acceptors (Lipinski definition) is 2. The topological polar surface area (TPSA) is 57.4 Å². The average Bonchev–Trinajstić information content (AvgIpc) is 4.22. The van der Waals surface area contributed by atoms with Crippen LogP contribution in [-0.4, -0.2) is 19.9 Å². The summed E-state index contributed by atoms with van der Waals surface area (Å²) in [6.45, 7) is 38.1. The Kier molecular flexibility index (Phi) is 14.5. The van der Waals surface area contributed by atoms with Gasteiger partial charge in [0, 0.05) is 55.2 Å². The molecule has 4 heteroatoms. The zero-order chi connectivity index (χ0) is 52.3. The molecule has 8 bridgehead atoms. The number of rotatable bonds is 18. The molecule has 9 rings (SSSR count). The van der Waals surface area contributed by atoms with Crippen LogP contribution in [0.3, 0.4) is 0 Å². The summed E-state index contributed by atoms with van der Waals surface area (Å²) in [5.74, 6) is 0. The first-order valence-electron chi connectivity index (χ1n) is 26.0. The molecular weight excluding hydrogens is 897 g/mol. The largest absolute Gasteiger partial charge is 0.354 e. The highest BCUT2D eigenvalue weighted by atomic mass is 14.8. The molecule has 370 valence electrons. The zero-order valence-corrected chi connectivity index (χ0v) is 44.4. The highest BCUT2D eigenvalue weighted by molar-refractivity contribution is 6.01. The van der Waals surface area contributed by atoms with Gasteiger partial charge in [-0.3, -0.25) is 0 Å². The van der Waals surface area contributed by atoms with Crippen LogP contribution in [0, 0.1) is 41.5 Å². The summed E-state index contributed by atoms with van der Waals surface area (Å²) in [6.07, 6.45) is 25.7. The predicted octanol–water partition coefficient (Wildman–Crippen LogP) is 19.1. The third-order valence-corrected chi connectivity index (χ3v) is 15.4. The monoisotopic (exact) mass is 967 g/mol. The van der Waals surface area contributed by atoms with Gasteiger partial charge in [0.2, 0.25) is 0 Å². The molecule has 2 aliphatic rings. The van der Waals surface area contributed by atoms with Crippen LogP contribution in [0.4, 0.5) is 0 Å². The van der Waals surface area contributed by atoms with Crippen LogP contribution in [0.25, 0.3) is 90.9 Å². The molecule has 0 atom stereocenters. The molecule has 0 unspecified atom stereocenters. The van der Waals surface area contributed by atoms with Crippen molar-refractivity contribution >= 4 is 46.4 Å². The molecule has 7 aromatic rings. The molecule has 0 aliphatic carbocycles. The Labute approximate surface area is 439 Å². The lowest BCUT2D eigenvalue weighted by atomic mass is 9.72. The maximum atomic E-state index is 5.67. The fourth-order valence-electron chi connectivity index (χ4n) is 12.3. The molecule has 0 fully saturated rings. The molecule has 0 saturated carbocycles. The molecule has 0 saturated heterocycles. The Morgan fingerprint density at radius 2 is 0.608 bits per heavy atom. The van der Waals surface area contributed by atoms with Gasteiger partial charge in [0.1, 0.15) is 0 Å². The van der Waals surface area contributed by atoms with Gasteiger partial charge in [-0.05, 0) is 184 Å². The molecule has 0 radical (unpaired) electrons. The van der Waals surface area contributed by atoms with Crippen LogP contribution in [0.2, 0.25) is 0 Å². The Morgan fingerprint density at radius 1 is 0.351 bits per heavy atom. The summed E-state index contributed by atoms with van der Waals surface area (Å²) in [6, 6.07) is 36.1. The van der Waals surface area contributed by atoms with Crippen molar-refractivity contribution < 1.29 is 0 Å². The van der Waals surface area contributed by atoms with Gasteiger partial charge in [0.25, 0.3) is 0 Å². The number of fused-ring (bicyclic) bond motifs is 8. The van der Waals surface area contributed by atoms with E-state index in [1.807, 2.05) is 36.5 Å². The summed E-state index contributed by atoms with van der Waals surface area (Å²) in [5.41, 5.74) is 25.3. The van der Waals surface area contributed by atoms with E-state index in [2.05, 4.69) is 212 Å². The zero-order valence-electron chi connectivity index (χ0n) is 44.4. The molecule has 4 aromatic carbocycles. The lowest BCUT2D eigenvalue weighted by molar-refractivity contribution is 0.442. The minimum absolute atomic E-state index is 0.184. The normalized spacial score (nSPS) is 12.2. The standard InChI is InChI=1S/C70H70N4/c1-13-35-69(36-14-2,37-15-3)53-23-19-51(20-24-53)65-55-27-31-59(71-55)67(63-47(9)41-45(7)42-48(63)10)61-33-29-57(73-61)66(52-21-25-54(26-22-52)70(38-16-4,39-17-5)40-18-6)58-30-34-62(74-58)68(60-32-28-56(65)72-60)64-49(11)43-46(8)44-50(64)12/h13-34,41-44,71,74H,1-6,35-40H2,7-12H3. The molecule has 2 N–H and O–H groups in total. The SMILES string of the molecule is C=CCC(CC=C)(CC=C)c1ccc(-c2c3nc(c(-c4c(C)cc(C)cc4C)c4ccc([nH]4)c(-c4ccc(C(CC=C)(CC=C)CC=C)cc4)c4nc(c(-c5c(C)cc(C)cc5C)c5ccc2[nH]5)C=C4)C=C3)cc1. The third-order valence-electron chi connectivity index (χ3n) is 15.4. The lowest BCUT2D eigenvalue weighted by Gasteiger charge is -2.32. The van der Waals surface area contributed by atoms with E-state index in [1.54, 1.807) is 0 Å². The second kappa shape index (κ2) is 21.2. The Morgan fingerprint density at radius 3 is 0.878 bits per heavy atom. The Balaban J connectivity index is 1.42. The van der Waals surface area contributed by atoms with Gasteiger partial charge in [0.15, 0.2) is 0 Å². The van der Waals surface area contributed by atoms with Gasteiger partial charge >= 0.3 is 0 Å². The average molecular weight is 967 g/mol. The van der Waals surface area contributed by atoms with Crippen molar-refractivity contribution in [2.45, 2.75) is 90.9 Å². The Bertz CT molecular complexity index is 3280. The number of benzene rings is 4. The number of nitrogens with zero attached hydrogens (tertiary/aromatic N) is 2. The van der Waals surface area contributed by atoms with Crippen LogP contribution in [0.1, 0.15) is 106 Å².